The average molecular weight is 520 g/mol. The fourth-order valence-electron chi connectivity index (χ4n) is 4.63. The van der Waals surface area contributed by atoms with E-state index in [0.717, 1.165) is 6.29 Å². The number of rotatable bonds is 10. The number of hydrogen-bond donors (Lipinski definition) is 3. The Kier molecular flexibility index (Phi) is 6.99. The van der Waals surface area contributed by atoms with E-state index >= 15 is 0 Å². The van der Waals surface area contributed by atoms with Crippen molar-refractivity contribution >= 4 is 18.2 Å². The maximum absolute atomic E-state index is 13.0. The summed E-state index contributed by atoms with van der Waals surface area (Å²) in [5, 5.41) is 22.9. The third-order valence-corrected chi connectivity index (χ3v) is 6.32. The summed E-state index contributed by atoms with van der Waals surface area (Å²) in [6, 6.07) is 13.6. The summed E-state index contributed by atoms with van der Waals surface area (Å²) in [6.07, 6.45) is 1.12. The quantitative estimate of drug-likeness (QED) is 0.209. The van der Waals surface area contributed by atoms with Gasteiger partial charge in [-0.15, -0.1) is 0 Å². The number of phenolic OH excluding ortho intramolecular Hbond substituents is 2. The summed E-state index contributed by atoms with van der Waals surface area (Å²) in [7, 11) is 0. The Balaban J connectivity index is 1.40. The van der Waals surface area contributed by atoms with Gasteiger partial charge in [0.15, 0.2) is 5.60 Å². The van der Waals surface area contributed by atoms with E-state index in [-0.39, 0.29) is 42.1 Å². The van der Waals surface area contributed by atoms with Gasteiger partial charge in [-0.3, -0.25) is 4.79 Å². The normalized spacial score (nSPS) is 14.2. The number of carbonyl (C=O) groups excluding carboxylic acids is 3. The standard InChI is InChI=1S/C28H25NO9/c30-9-1-10-35-12-13-36-11-8-29-26(33)17-2-5-20-23(14-17)28(38-27(20)34)21-6-3-18(31)15-24(21)37-25-16-19(32)4-7-22(25)28/h2-7,9,14-16,31-32H,1,8,10-13H2,(H,29,33). The van der Waals surface area contributed by atoms with Gasteiger partial charge in [-0.25, -0.2) is 4.79 Å². The number of amides is 1. The van der Waals surface area contributed by atoms with Crippen LogP contribution in [0.3, 0.4) is 0 Å². The predicted molar refractivity (Wildman–Crippen MR) is 133 cm³/mol. The van der Waals surface area contributed by atoms with E-state index in [1.54, 1.807) is 30.3 Å². The second-order valence-electron chi connectivity index (χ2n) is 8.73. The number of aldehydes is 1. The molecule has 0 radical (unpaired) electrons. The second kappa shape index (κ2) is 10.5. The van der Waals surface area contributed by atoms with Gasteiger partial charge < -0.3 is 39.3 Å². The SMILES string of the molecule is O=CCCOCCOCCNC(=O)c1ccc2c(c1)C1(OC2=O)c2ccc(O)cc2Oc2cc(O)ccc21. The predicted octanol–water partition coefficient (Wildman–Crippen LogP) is 3.02. The van der Waals surface area contributed by atoms with E-state index in [1.165, 1.54) is 24.3 Å². The lowest BCUT2D eigenvalue weighted by Gasteiger charge is -2.36. The summed E-state index contributed by atoms with van der Waals surface area (Å²) in [5.41, 5.74) is 0.551. The molecule has 196 valence electrons. The first-order chi connectivity index (χ1) is 18.4. The minimum Gasteiger partial charge on any atom is -0.508 e. The Bertz CT molecular complexity index is 1350. The number of benzene rings is 3. The molecule has 2 aliphatic rings. The molecule has 1 spiro atoms. The zero-order valence-corrected chi connectivity index (χ0v) is 20.3. The molecule has 3 aromatic rings. The highest BCUT2D eigenvalue weighted by Crippen LogP contribution is 2.57. The van der Waals surface area contributed by atoms with Crippen LogP contribution >= 0.6 is 0 Å². The highest BCUT2D eigenvalue weighted by Gasteiger charge is 2.53. The van der Waals surface area contributed by atoms with Crippen molar-refractivity contribution in [1.29, 1.82) is 0 Å². The molecule has 38 heavy (non-hydrogen) atoms. The zero-order chi connectivity index (χ0) is 26.7. The molecule has 5 rings (SSSR count). The number of esters is 1. The molecule has 0 saturated heterocycles. The lowest BCUT2D eigenvalue weighted by Crippen LogP contribution is -2.33. The van der Waals surface area contributed by atoms with Crippen LogP contribution in [0.25, 0.3) is 0 Å². The molecule has 0 bridgehead atoms. The van der Waals surface area contributed by atoms with Crippen molar-refractivity contribution in [3.63, 3.8) is 0 Å². The monoisotopic (exact) mass is 519 g/mol. The highest BCUT2D eigenvalue weighted by atomic mass is 16.6. The van der Waals surface area contributed by atoms with Gasteiger partial charge in [-0.1, -0.05) is 0 Å². The molecule has 1 amide bonds. The van der Waals surface area contributed by atoms with E-state index in [9.17, 15) is 24.6 Å². The largest absolute Gasteiger partial charge is 0.508 e. The molecule has 10 nitrogen and oxygen atoms in total. The molecule has 0 unspecified atom stereocenters. The van der Waals surface area contributed by atoms with Crippen molar-refractivity contribution in [3.8, 4) is 23.0 Å². The van der Waals surface area contributed by atoms with E-state index in [2.05, 4.69) is 5.32 Å². The van der Waals surface area contributed by atoms with Gasteiger partial charge in [0.2, 0.25) is 0 Å². The molecule has 2 heterocycles. The van der Waals surface area contributed by atoms with Crippen molar-refractivity contribution < 1.29 is 43.5 Å². The molecule has 10 heteroatoms. The van der Waals surface area contributed by atoms with Gasteiger partial charge >= 0.3 is 5.97 Å². The van der Waals surface area contributed by atoms with Crippen LogP contribution in [-0.2, 0) is 24.6 Å². The molecule has 0 atom stereocenters. The number of phenols is 2. The molecular formula is C28H25NO9. The van der Waals surface area contributed by atoms with Crippen LogP contribution in [0.5, 0.6) is 23.0 Å². The van der Waals surface area contributed by atoms with Gasteiger partial charge in [0, 0.05) is 47.4 Å². The number of carbonyl (C=O) groups is 3. The Labute approximate surface area is 217 Å². The van der Waals surface area contributed by atoms with Crippen LogP contribution in [-0.4, -0.2) is 61.3 Å². The maximum atomic E-state index is 13.0. The summed E-state index contributed by atoms with van der Waals surface area (Å²) < 4.78 is 22.6. The average Bonchev–Trinajstić information content (AvgIpc) is 3.19. The molecule has 0 fully saturated rings. The fourth-order valence-corrected chi connectivity index (χ4v) is 4.63. The molecule has 2 aliphatic heterocycles. The second-order valence-corrected chi connectivity index (χ2v) is 8.73. The summed E-state index contributed by atoms with van der Waals surface area (Å²) in [5.74, 6) is -0.519. The van der Waals surface area contributed by atoms with Gasteiger partial charge in [0.05, 0.1) is 32.0 Å². The maximum Gasteiger partial charge on any atom is 0.340 e. The topological polar surface area (TPSA) is 141 Å². The van der Waals surface area contributed by atoms with Crippen LogP contribution in [0.15, 0.2) is 54.6 Å². The van der Waals surface area contributed by atoms with E-state index in [1.807, 2.05) is 0 Å². The van der Waals surface area contributed by atoms with Gasteiger partial charge in [-0.05, 0) is 42.5 Å². The minimum absolute atomic E-state index is 0.0464. The van der Waals surface area contributed by atoms with Crippen molar-refractivity contribution in [2.45, 2.75) is 12.0 Å². The van der Waals surface area contributed by atoms with E-state index in [0.29, 0.717) is 54.1 Å². The van der Waals surface area contributed by atoms with Crippen molar-refractivity contribution in [3.05, 3.63) is 82.4 Å². The summed E-state index contributed by atoms with van der Waals surface area (Å²) >= 11 is 0. The first-order valence-electron chi connectivity index (χ1n) is 12.0. The van der Waals surface area contributed by atoms with Crippen molar-refractivity contribution in [2.75, 3.05) is 33.0 Å². The Hall–Kier alpha value is -4.41. The van der Waals surface area contributed by atoms with E-state index < -0.39 is 11.6 Å². The minimum atomic E-state index is -1.44. The Morgan fingerprint density at radius 2 is 1.53 bits per heavy atom. The molecular weight excluding hydrogens is 494 g/mol. The first-order valence-corrected chi connectivity index (χ1v) is 12.0. The van der Waals surface area contributed by atoms with Gasteiger partial charge in [-0.2, -0.15) is 0 Å². The summed E-state index contributed by atoms with van der Waals surface area (Å²) in [6.45, 7) is 1.55. The number of aromatic hydroxyl groups is 2. The van der Waals surface area contributed by atoms with Crippen LogP contribution in [0.2, 0.25) is 0 Å². The molecule has 3 aromatic carbocycles. The van der Waals surface area contributed by atoms with Crippen LogP contribution in [0.4, 0.5) is 0 Å². The lowest BCUT2D eigenvalue weighted by atomic mass is 9.77. The lowest BCUT2D eigenvalue weighted by molar-refractivity contribution is -0.108. The molecule has 0 aliphatic carbocycles. The third kappa shape index (κ3) is 4.55. The highest BCUT2D eigenvalue weighted by molar-refractivity contribution is 6.00. The van der Waals surface area contributed by atoms with Gasteiger partial charge in [0.25, 0.3) is 5.91 Å². The number of ether oxygens (including phenoxy) is 4. The van der Waals surface area contributed by atoms with Gasteiger partial charge in [0.1, 0.15) is 29.3 Å². The van der Waals surface area contributed by atoms with E-state index in [4.69, 9.17) is 18.9 Å². The fraction of sp³-hybridized carbons (Fsp3) is 0.250. The van der Waals surface area contributed by atoms with Crippen molar-refractivity contribution in [1.82, 2.24) is 5.32 Å². The first kappa shape index (κ1) is 25.2. The smallest absolute Gasteiger partial charge is 0.340 e. The Morgan fingerprint density at radius 1 is 0.868 bits per heavy atom. The van der Waals surface area contributed by atoms with Crippen LogP contribution < -0.4 is 10.1 Å². The number of nitrogens with one attached hydrogen (secondary N) is 1. The van der Waals surface area contributed by atoms with Crippen molar-refractivity contribution in [2.24, 2.45) is 0 Å². The number of hydrogen-bond acceptors (Lipinski definition) is 9. The molecule has 0 aromatic heterocycles. The van der Waals surface area contributed by atoms with Crippen LogP contribution in [0, 0.1) is 0 Å². The summed E-state index contributed by atoms with van der Waals surface area (Å²) in [4.78, 5) is 36.2. The number of fused-ring (bicyclic) bond motifs is 6. The molecule has 3 N–H and O–H groups in total. The molecule has 0 saturated carbocycles. The Morgan fingerprint density at radius 3 is 2.18 bits per heavy atom. The van der Waals surface area contributed by atoms with Crippen LogP contribution in [0.1, 0.15) is 43.8 Å². The zero-order valence-electron chi connectivity index (χ0n) is 20.3. The third-order valence-electron chi connectivity index (χ3n) is 6.32.